The second-order valence-corrected chi connectivity index (χ2v) is 7.28. The maximum atomic E-state index is 13.1. The van der Waals surface area contributed by atoms with Gasteiger partial charge in [0.2, 0.25) is 5.91 Å². The van der Waals surface area contributed by atoms with E-state index in [9.17, 15) is 9.59 Å². The molecule has 0 radical (unpaired) electrons. The van der Waals surface area contributed by atoms with Gasteiger partial charge in [-0.25, -0.2) is 0 Å². The first-order valence-corrected chi connectivity index (χ1v) is 10.3. The summed E-state index contributed by atoms with van der Waals surface area (Å²) in [6.07, 6.45) is 1.39. The number of benzene rings is 2. The van der Waals surface area contributed by atoms with E-state index in [0.29, 0.717) is 25.3 Å². The highest BCUT2D eigenvalue weighted by Gasteiger charge is 2.28. The fourth-order valence-corrected chi connectivity index (χ4v) is 3.23. The number of rotatable bonds is 10. The average molecular weight is 397 g/mol. The molecule has 0 heterocycles. The number of para-hydroxylation sites is 1. The Balaban J connectivity index is 2.20. The molecule has 0 bridgehead atoms. The van der Waals surface area contributed by atoms with Crippen LogP contribution in [0.1, 0.15) is 43.4 Å². The lowest BCUT2D eigenvalue weighted by Crippen LogP contribution is -2.50. The van der Waals surface area contributed by atoms with Crippen molar-refractivity contribution in [1.82, 2.24) is 10.2 Å². The van der Waals surface area contributed by atoms with Gasteiger partial charge in [0, 0.05) is 13.1 Å². The summed E-state index contributed by atoms with van der Waals surface area (Å²) >= 11 is 0. The fourth-order valence-electron chi connectivity index (χ4n) is 3.23. The lowest BCUT2D eigenvalue weighted by atomic mass is 10.1. The SMILES string of the molecule is CCCNC(=O)[C@H](CC)N(Cc1cccc(C)c1)C(=O)COc1ccccc1C. The van der Waals surface area contributed by atoms with E-state index in [2.05, 4.69) is 5.32 Å². The van der Waals surface area contributed by atoms with Gasteiger partial charge in [0.1, 0.15) is 11.8 Å². The number of amides is 2. The molecule has 0 fully saturated rings. The van der Waals surface area contributed by atoms with Crippen molar-refractivity contribution >= 4 is 11.8 Å². The summed E-state index contributed by atoms with van der Waals surface area (Å²) in [6.45, 7) is 8.76. The number of carbonyl (C=O) groups excluding carboxylic acids is 2. The molecule has 2 amide bonds. The van der Waals surface area contributed by atoms with E-state index < -0.39 is 6.04 Å². The van der Waals surface area contributed by atoms with E-state index in [4.69, 9.17) is 4.74 Å². The first-order valence-electron chi connectivity index (χ1n) is 10.3. The third kappa shape index (κ3) is 6.63. The molecular formula is C24H32N2O3. The topological polar surface area (TPSA) is 58.6 Å². The van der Waals surface area contributed by atoms with Gasteiger partial charge in [-0.15, -0.1) is 0 Å². The zero-order valence-electron chi connectivity index (χ0n) is 17.9. The van der Waals surface area contributed by atoms with Gasteiger partial charge in [-0.3, -0.25) is 9.59 Å². The van der Waals surface area contributed by atoms with Gasteiger partial charge in [0.25, 0.3) is 5.91 Å². The second-order valence-electron chi connectivity index (χ2n) is 7.28. The third-order valence-corrected chi connectivity index (χ3v) is 4.82. The monoisotopic (exact) mass is 396 g/mol. The minimum Gasteiger partial charge on any atom is -0.484 e. The van der Waals surface area contributed by atoms with E-state index in [0.717, 1.165) is 23.1 Å². The molecule has 2 aromatic carbocycles. The van der Waals surface area contributed by atoms with Crippen molar-refractivity contribution in [3.63, 3.8) is 0 Å². The predicted molar refractivity (Wildman–Crippen MR) is 116 cm³/mol. The Bertz CT molecular complexity index is 819. The summed E-state index contributed by atoms with van der Waals surface area (Å²) in [4.78, 5) is 27.5. The standard InChI is InChI=1S/C24H32N2O3/c1-5-14-25-24(28)21(6-2)26(16-20-12-9-10-18(3)15-20)23(27)17-29-22-13-8-7-11-19(22)4/h7-13,15,21H,5-6,14,16-17H2,1-4H3,(H,25,28)/t21-/m0/s1. The maximum absolute atomic E-state index is 13.1. The Hall–Kier alpha value is -2.82. The molecule has 1 atom stereocenters. The molecule has 1 N–H and O–H groups in total. The highest BCUT2D eigenvalue weighted by atomic mass is 16.5. The van der Waals surface area contributed by atoms with Crippen LogP contribution in [0.15, 0.2) is 48.5 Å². The van der Waals surface area contributed by atoms with Crippen molar-refractivity contribution in [3.05, 3.63) is 65.2 Å². The van der Waals surface area contributed by atoms with E-state index in [-0.39, 0.29) is 18.4 Å². The highest BCUT2D eigenvalue weighted by Crippen LogP contribution is 2.18. The summed E-state index contributed by atoms with van der Waals surface area (Å²) in [6, 6.07) is 15.1. The minimum absolute atomic E-state index is 0.103. The van der Waals surface area contributed by atoms with Gasteiger partial charge in [-0.2, -0.15) is 0 Å². The van der Waals surface area contributed by atoms with E-state index in [1.807, 2.05) is 76.2 Å². The molecule has 29 heavy (non-hydrogen) atoms. The molecule has 0 saturated heterocycles. The van der Waals surface area contributed by atoms with Crippen LogP contribution in [0.3, 0.4) is 0 Å². The van der Waals surface area contributed by atoms with Crippen LogP contribution in [0.5, 0.6) is 5.75 Å². The van der Waals surface area contributed by atoms with Crippen molar-refractivity contribution in [2.24, 2.45) is 0 Å². The summed E-state index contributed by atoms with van der Waals surface area (Å²) < 4.78 is 5.77. The van der Waals surface area contributed by atoms with Crippen LogP contribution in [0.25, 0.3) is 0 Å². The number of hydrogen-bond acceptors (Lipinski definition) is 3. The number of nitrogens with zero attached hydrogens (tertiary/aromatic N) is 1. The predicted octanol–water partition coefficient (Wildman–Crippen LogP) is 4.02. The van der Waals surface area contributed by atoms with Gasteiger partial charge in [-0.1, -0.05) is 61.9 Å². The van der Waals surface area contributed by atoms with Crippen LogP contribution in [0.2, 0.25) is 0 Å². The zero-order chi connectivity index (χ0) is 21.2. The smallest absolute Gasteiger partial charge is 0.261 e. The summed E-state index contributed by atoms with van der Waals surface area (Å²) in [7, 11) is 0. The van der Waals surface area contributed by atoms with Crippen LogP contribution < -0.4 is 10.1 Å². The first-order chi connectivity index (χ1) is 14.0. The van der Waals surface area contributed by atoms with Crippen LogP contribution >= 0.6 is 0 Å². The molecule has 0 aliphatic heterocycles. The average Bonchev–Trinajstić information content (AvgIpc) is 2.71. The highest BCUT2D eigenvalue weighted by molar-refractivity contribution is 5.88. The summed E-state index contributed by atoms with van der Waals surface area (Å²) in [5, 5.41) is 2.93. The van der Waals surface area contributed by atoms with E-state index >= 15 is 0 Å². The number of nitrogens with one attached hydrogen (secondary N) is 1. The lowest BCUT2D eigenvalue weighted by Gasteiger charge is -2.30. The van der Waals surface area contributed by atoms with E-state index in [1.54, 1.807) is 4.90 Å². The van der Waals surface area contributed by atoms with Gasteiger partial charge >= 0.3 is 0 Å². The van der Waals surface area contributed by atoms with Gasteiger partial charge in [-0.05, 0) is 43.9 Å². The number of ether oxygens (including phenoxy) is 1. The molecule has 0 saturated carbocycles. The molecule has 2 aromatic rings. The fraction of sp³-hybridized carbons (Fsp3) is 0.417. The minimum atomic E-state index is -0.532. The molecular weight excluding hydrogens is 364 g/mol. The maximum Gasteiger partial charge on any atom is 0.261 e. The Morgan fingerprint density at radius 1 is 1.07 bits per heavy atom. The second kappa shape index (κ2) is 11.2. The molecule has 156 valence electrons. The number of carbonyl (C=O) groups is 2. The molecule has 0 spiro atoms. The molecule has 5 heteroatoms. The molecule has 2 rings (SSSR count). The molecule has 0 aliphatic rings. The van der Waals surface area contributed by atoms with Gasteiger partial charge < -0.3 is 15.0 Å². The number of hydrogen-bond donors (Lipinski definition) is 1. The lowest BCUT2D eigenvalue weighted by molar-refractivity contribution is -0.143. The Morgan fingerprint density at radius 3 is 2.48 bits per heavy atom. The van der Waals surface area contributed by atoms with E-state index in [1.165, 1.54) is 0 Å². The van der Waals surface area contributed by atoms with Crippen molar-refractivity contribution < 1.29 is 14.3 Å². The third-order valence-electron chi connectivity index (χ3n) is 4.82. The normalized spacial score (nSPS) is 11.6. The summed E-state index contributed by atoms with van der Waals surface area (Å²) in [5.74, 6) is 0.361. The van der Waals surface area contributed by atoms with Crippen molar-refractivity contribution in [3.8, 4) is 5.75 Å². The van der Waals surface area contributed by atoms with Crippen LogP contribution in [0, 0.1) is 13.8 Å². The largest absolute Gasteiger partial charge is 0.484 e. The summed E-state index contributed by atoms with van der Waals surface area (Å²) in [5.41, 5.74) is 3.09. The molecule has 0 aromatic heterocycles. The van der Waals surface area contributed by atoms with Crippen LogP contribution in [-0.4, -0.2) is 35.9 Å². The Kier molecular flexibility index (Phi) is 8.71. The van der Waals surface area contributed by atoms with Crippen LogP contribution in [-0.2, 0) is 16.1 Å². The zero-order valence-corrected chi connectivity index (χ0v) is 17.9. The first kappa shape index (κ1) is 22.5. The Morgan fingerprint density at radius 2 is 1.83 bits per heavy atom. The van der Waals surface area contributed by atoms with Crippen molar-refractivity contribution in [2.45, 2.75) is 53.1 Å². The van der Waals surface area contributed by atoms with Crippen molar-refractivity contribution in [2.75, 3.05) is 13.2 Å². The van der Waals surface area contributed by atoms with Crippen LogP contribution in [0.4, 0.5) is 0 Å². The Labute approximate surface area is 174 Å². The molecule has 0 unspecified atom stereocenters. The van der Waals surface area contributed by atoms with Crippen molar-refractivity contribution in [1.29, 1.82) is 0 Å². The molecule has 5 nitrogen and oxygen atoms in total. The van der Waals surface area contributed by atoms with Gasteiger partial charge in [0.15, 0.2) is 6.61 Å². The van der Waals surface area contributed by atoms with Gasteiger partial charge in [0.05, 0.1) is 0 Å². The molecule has 0 aliphatic carbocycles. The number of aryl methyl sites for hydroxylation is 2. The quantitative estimate of drug-likeness (QED) is 0.660.